The van der Waals surface area contributed by atoms with E-state index >= 15 is 0 Å². The minimum Gasteiger partial charge on any atom is -0.481 e. The molecular formula is C26H24FN3O2S. The van der Waals surface area contributed by atoms with Crippen LogP contribution in [0.5, 0.6) is 0 Å². The van der Waals surface area contributed by atoms with Crippen molar-refractivity contribution in [2.24, 2.45) is 5.92 Å². The number of nitrogens with zero attached hydrogens (tertiary/aromatic N) is 2. The van der Waals surface area contributed by atoms with E-state index < -0.39 is 5.97 Å². The van der Waals surface area contributed by atoms with Crippen LogP contribution in [0.3, 0.4) is 0 Å². The van der Waals surface area contributed by atoms with Crippen LogP contribution in [0.15, 0.2) is 73.1 Å². The Morgan fingerprint density at radius 1 is 1.00 bits per heavy atom. The lowest BCUT2D eigenvalue weighted by atomic mass is 10.0. The third kappa shape index (κ3) is 5.43. The Morgan fingerprint density at radius 2 is 1.64 bits per heavy atom. The Morgan fingerprint density at radius 3 is 2.21 bits per heavy atom. The highest BCUT2D eigenvalue weighted by atomic mass is 32.1. The number of anilines is 1. The molecule has 0 aliphatic rings. The molecule has 1 unspecified atom stereocenters. The van der Waals surface area contributed by atoms with Gasteiger partial charge in [0, 0.05) is 29.6 Å². The molecule has 0 fully saturated rings. The first-order valence-corrected chi connectivity index (χ1v) is 11.5. The number of carboxylic acids is 1. The second-order valence-electron chi connectivity index (χ2n) is 8.12. The van der Waals surface area contributed by atoms with Crippen LogP contribution in [0.2, 0.25) is 0 Å². The number of thiazole rings is 1. The molecule has 2 N–H and O–H groups in total. The lowest BCUT2D eigenvalue weighted by Crippen LogP contribution is -2.28. The van der Waals surface area contributed by atoms with E-state index in [1.807, 2.05) is 50.2 Å². The number of halogens is 1. The van der Waals surface area contributed by atoms with Crippen LogP contribution in [-0.2, 0) is 4.79 Å². The van der Waals surface area contributed by atoms with E-state index in [2.05, 4.69) is 10.3 Å². The largest absolute Gasteiger partial charge is 0.481 e. The van der Waals surface area contributed by atoms with Crippen LogP contribution in [0.1, 0.15) is 20.3 Å². The summed E-state index contributed by atoms with van der Waals surface area (Å²) in [5.41, 5.74) is 4.60. The van der Waals surface area contributed by atoms with Crippen molar-refractivity contribution in [3.8, 4) is 32.8 Å². The minimum absolute atomic E-state index is 0.0151. The van der Waals surface area contributed by atoms with Gasteiger partial charge in [-0.2, -0.15) is 0 Å². The topological polar surface area (TPSA) is 75.1 Å². The molecule has 2 aromatic carbocycles. The predicted octanol–water partition coefficient (Wildman–Crippen LogP) is 6.59. The molecule has 4 rings (SSSR count). The Kier molecular flexibility index (Phi) is 6.79. The fourth-order valence-corrected chi connectivity index (χ4v) is 4.57. The van der Waals surface area contributed by atoms with Crippen LogP contribution < -0.4 is 5.32 Å². The zero-order valence-corrected chi connectivity index (χ0v) is 19.1. The van der Waals surface area contributed by atoms with Crippen LogP contribution in [0.25, 0.3) is 32.8 Å². The van der Waals surface area contributed by atoms with Gasteiger partial charge >= 0.3 is 5.97 Å². The Bertz CT molecular complexity index is 1220. The molecule has 33 heavy (non-hydrogen) atoms. The first-order valence-electron chi connectivity index (χ1n) is 10.7. The van der Waals surface area contributed by atoms with Gasteiger partial charge in [-0.25, -0.2) is 9.37 Å². The van der Waals surface area contributed by atoms with E-state index in [-0.39, 0.29) is 24.2 Å². The number of carboxylic acid groups (broad SMARTS) is 1. The number of rotatable bonds is 8. The third-order valence-electron chi connectivity index (χ3n) is 5.39. The first kappa shape index (κ1) is 22.6. The van der Waals surface area contributed by atoms with Crippen molar-refractivity contribution in [3.63, 3.8) is 0 Å². The fourth-order valence-electron chi connectivity index (χ4n) is 3.53. The van der Waals surface area contributed by atoms with Gasteiger partial charge in [-0.05, 0) is 35.2 Å². The summed E-state index contributed by atoms with van der Waals surface area (Å²) in [4.78, 5) is 21.3. The molecule has 4 aromatic rings. The monoisotopic (exact) mass is 461 g/mol. The molecule has 2 aromatic heterocycles. The van der Waals surface area contributed by atoms with Crippen molar-refractivity contribution in [2.45, 2.75) is 26.3 Å². The molecule has 0 saturated heterocycles. The lowest BCUT2D eigenvalue weighted by Gasteiger charge is -2.19. The van der Waals surface area contributed by atoms with Gasteiger partial charge < -0.3 is 10.4 Å². The van der Waals surface area contributed by atoms with Crippen LogP contribution >= 0.6 is 11.3 Å². The molecule has 168 valence electrons. The van der Waals surface area contributed by atoms with Crippen molar-refractivity contribution >= 4 is 22.4 Å². The summed E-state index contributed by atoms with van der Waals surface area (Å²) in [7, 11) is 0. The maximum Gasteiger partial charge on any atom is 0.305 e. The quantitative estimate of drug-likeness (QED) is 0.310. The summed E-state index contributed by atoms with van der Waals surface area (Å²) >= 11 is 1.49. The maximum atomic E-state index is 13.3. The maximum absolute atomic E-state index is 13.3. The van der Waals surface area contributed by atoms with Crippen molar-refractivity contribution in [2.75, 3.05) is 5.32 Å². The van der Waals surface area contributed by atoms with Crippen molar-refractivity contribution in [3.05, 3.63) is 78.9 Å². The minimum atomic E-state index is -0.846. The summed E-state index contributed by atoms with van der Waals surface area (Å²) in [5, 5.41) is 13.3. The van der Waals surface area contributed by atoms with Crippen LogP contribution in [0, 0.1) is 11.7 Å². The third-order valence-corrected chi connectivity index (χ3v) is 6.43. The molecule has 0 bridgehead atoms. The molecule has 0 saturated carbocycles. The lowest BCUT2D eigenvalue weighted by molar-refractivity contribution is -0.137. The highest BCUT2D eigenvalue weighted by molar-refractivity contribution is 7.19. The van der Waals surface area contributed by atoms with E-state index in [1.54, 1.807) is 24.5 Å². The standard InChI is InChI=1S/C26H24FN3O2S/c1-16(2)22(14-23(31)32)29-26-30-24(25(33-26)20-4-3-13-28-15-20)19-7-5-17(6-8-19)18-9-11-21(27)12-10-18/h3-13,15-16,22H,14H2,1-2H3,(H,29,30)(H,31,32). The van der Waals surface area contributed by atoms with Gasteiger partial charge in [-0.1, -0.05) is 67.6 Å². The van der Waals surface area contributed by atoms with Gasteiger partial charge in [0.1, 0.15) is 5.82 Å². The number of carbonyl (C=O) groups is 1. The Labute approximate surface area is 196 Å². The first-order chi connectivity index (χ1) is 15.9. The molecular weight excluding hydrogens is 437 g/mol. The van der Waals surface area contributed by atoms with Crippen molar-refractivity contribution in [1.82, 2.24) is 9.97 Å². The van der Waals surface area contributed by atoms with Gasteiger partial charge in [0.25, 0.3) is 0 Å². The second kappa shape index (κ2) is 9.92. The number of hydrogen-bond acceptors (Lipinski definition) is 5. The summed E-state index contributed by atoms with van der Waals surface area (Å²) in [5.74, 6) is -0.978. The van der Waals surface area contributed by atoms with E-state index in [4.69, 9.17) is 4.98 Å². The van der Waals surface area contributed by atoms with E-state index in [1.165, 1.54) is 23.5 Å². The highest BCUT2D eigenvalue weighted by Crippen LogP contribution is 2.39. The number of aliphatic carboxylic acids is 1. The number of nitrogens with one attached hydrogen (secondary N) is 1. The average molecular weight is 462 g/mol. The molecule has 5 nitrogen and oxygen atoms in total. The molecule has 0 aliphatic heterocycles. The smallest absolute Gasteiger partial charge is 0.305 e. The van der Waals surface area contributed by atoms with Crippen LogP contribution in [-0.4, -0.2) is 27.1 Å². The molecule has 0 spiro atoms. The molecule has 0 amide bonds. The van der Waals surface area contributed by atoms with Gasteiger partial charge in [-0.3, -0.25) is 9.78 Å². The van der Waals surface area contributed by atoms with Crippen molar-refractivity contribution in [1.29, 1.82) is 0 Å². The average Bonchev–Trinajstić information content (AvgIpc) is 3.23. The van der Waals surface area contributed by atoms with Crippen LogP contribution in [0.4, 0.5) is 9.52 Å². The number of pyridine rings is 1. The molecule has 2 heterocycles. The van der Waals surface area contributed by atoms with Gasteiger partial charge in [0.15, 0.2) is 5.13 Å². The van der Waals surface area contributed by atoms with Gasteiger partial charge in [-0.15, -0.1) is 0 Å². The number of aromatic nitrogens is 2. The zero-order valence-electron chi connectivity index (χ0n) is 18.3. The zero-order chi connectivity index (χ0) is 23.4. The summed E-state index contributed by atoms with van der Waals surface area (Å²) in [6.07, 6.45) is 3.54. The summed E-state index contributed by atoms with van der Waals surface area (Å²) in [6.45, 7) is 3.98. The normalized spacial score (nSPS) is 12.0. The number of benzene rings is 2. The van der Waals surface area contributed by atoms with E-state index in [0.717, 1.165) is 32.8 Å². The van der Waals surface area contributed by atoms with E-state index in [0.29, 0.717) is 5.13 Å². The Hall–Kier alpha value is -3.58. The summed E-state index contributed by atoms with van der Waals surface area (Å²) in [6, 6.07) is 18.0. The predicted molar refractivity (Wildman–Crippen MR) is 131 cm³/mol. The summed E-state index contributed by atoms with van der Waals surface area (Å²) < 4.78 is 13.3. The number of hydrogen-bond donors (Lipinski definition) is 2. The molecule has 0 radical (unpaired) electrons. The highest BCUT2D eigenvalue weighted by Gasteiger charge is 2.21. The SMILES string of the molecule is CC(C)C(CC(=O)O)Nc1nc(-c2ccc(-c3ccc(F)cc3)cc2)c(-c2cccnc2)s1. The van der Waals surface area contributed by atoms with Gasteiger partial charge in [0.05, 0.1) is 17.0 Å². The molecule has 1 atom stereocenters. The van der Waals surface area contributed by atoms with Gasteiger partial charge in [0.2, 0.25) is 0 Å². The fraction of sp³-hybridized carbons (Fsp3) is 0.192. The molecule has 0 aliphatic carbocycles. The Balaban J connectivity index is 1.70. The van der Waals surface area contributed by atoms with E-state index in [9.17, 15) is 14.3 Å². The van der Waals surface area contributed by atoms with Crippen molar-refractivity contribution < 1.29 is 14.3 Å². The second-order valence-corrected chi connectivity index (χ2v) is 9.11. The molecule has 7 heteroatoms.